The third kappa shape index (κ3) is 4.39. The highest BCUT2D eigenvalue weighted by Gasteiger charge is 2.26. The molecule has 0 spiro atoms. The number of thioether (sulfide) groups is 1. The Labute approximate surface area is 194 Å². The Hall–Kier alpha value is -3.50. The molecule has 3 N–H and O–H groups in total. The van der Waals surface area contributed by atoms with Gasteiger partial charge in [0.25, 0.3) is 16.9 Å². The van der Waals surface area contributed by atoms with Gasteiger partial charge in [0, 0.05) is 24.1 Å². The number of carbonyl (C=O) groups is 2. The molecule has 4 rings (SSSR count). The lowest BCUT2D eigenvalue weighted by Gasteiger charge is -2.13. The Morgan fingerprint density at radius 1 is 1.09 bits per heavy atom. The maximum Gasteiger partial charge on any atom is 0.290 e. The van der Waals surface area contributed by atoms with E-state index < -0.39 is 21.0 Å². The summed E-state index contributed by atoms with van der Waals surface area (Å²) in [5, 5.41) is 10.3. The minimum Gasteiger partial charge on any atom is -0.592 e. The van der Waals surface area contributed by atoms with Crippen LogP contribution < -0.4 is 10.1 Å². The Kier molecular flexibility index (Phi) is 5.81. The molecule has 0 bridgehead atoms. The standard InChI is InChI=1S/C23H20N2O6S2/c1-13-15(11-21-22(27)24-23(28)32-21)10-18(14-4-7-17(8-5-14)33(3,29)30)25(13)19-12-16(31-2)6-9-20(19)26/h4-12,26H,1-3H3,(H,24,27,28)/p+1/b21-11-. The third-order valence-corrected chi connectivity index (χ3v) is 7.18. The van der Waals surface area contributed by atoms with Crippen molar-refractivity contribution in [1.82, 2.24) is 9.88 Å². The van der Waals surface area contributed by atoms with E-state index in [0.717, 1.165) is 29.3 Å². The SMILES string of the molecule is COc1ccc([OH2+])c(-n2c(-c3ccc(S(C)(=O)=O)cc3)cc(/C=C3\SC(=O)NC3=O)c2C)c1. The van der Waals surface area contributed by atoms with Gasteiger partial charge < -0.3 is 14.4 Å². The van der Waals surface area contributed by atoms with Crippen LogP contribution in [0.25, 0.3) is 23.0 Å². The van der Waals surface area contributed by atoms with Crippen LogP contribution in [0.2, 0.25) is 0 Å². The maximum absolute atomic E-state index is 12.1. The van der Waals surface area contributed by atoms with Crippen molar-refractivity contribution in [3.63, 3.8) is 0 Å². The summed E-state index contributed by atoms with van der Waals surface area (Å²) in [6, 6.07) is 13.4. The maximum atomic E-state index is 12.1. The molecule has 1 aromatic heterocycles. The van der Waals surface area contributed by atoms with Gasteiger partial charge in [-0.2, -0.15) is 0 Å². The van der Waals surface area contributed by atoms with Crippen LogP contribution in [0, 0.1) is 6.92 Å². The van der Waals surface area contributed by atoms with Gasteiger partial charge in [-0.1, -0.05) is 12.1 Å². The summed E-state index contributed by atoms with van der Waals surface area (Å²) >= 11 is 0.826. The number of methoxy groups -OCH3 is 1. The number of carbonyl (C=O) groups excluding carboxylic acids is 2. The molecule has 0 radical (unpaired) electrons. The number of amides is 2. The molecule has 3 aromatic rings. The fourth-order valence-corrected chi connectivity index (χ4v) is 4.86. The molecule has 0 saturated carbocycles. The third-order valence-electron chi connectivity index (χ3n) is 5.24. The zero-order valence-electron chi connectivity index (χ0n) is 18.0. The summed E-state index contributed by atoms with van der Waals surface area (Å²) in [7, 11) is -1.81. The van der Waals surface area contributed by atoms with Crippen molar-refractivity contribution in [2.45, 2.75) is 11.8 Å². The Morgan fingerprint density at radius 2 is 1.79 bits per heavy atom. The second kappa shape index (κ2) is 8.45. The van der Waals surface area contributed by atoms with Crippen LogP contribution >= 0.6 is 11.8 Å². The van der Waals surface area contributed by atoms with Gasteiger partial charge in [0.15, 0.2) is 9.84 Å². The molecule has 2 amide bonds. The van der Waals surface area contributed by atoms with Gasteiger partial charge in [-0.25, -0.2) is 8.42 Å². The highest BCUT2D eigenvalue weighted by Crippen LogP contribution is 2.37. The van der Waals surface area contributed by atoms with Crippen molar-refractivity contribution >= 4 is 38.8 Å². The van der Waals surface area contributed by atoms with Gasteiger partial charge in [0.2, 0.25) is 0 Å². The number of hydrogen-bond acceptors (Lipinski definition) is 6. The average molecular weight is 486 g/mol. The minimum atomic E-state index is -3.35. The first kappa shape index (κ1) is 22.7. The molecule has 8 nitrogen and oxygen atoms in total. The molecule has 1 saturated heterocycles. The lowest BCUT2D eigenvalue weighted by Crippen LogP contribution is -2.17. The van der Waals surface area contributed by atoms with E-state index in [0.29, 0.717) is 22.7 Å². The normalized spacial score (nSPS) is 15.2. The number of ether oxygens (including phenoxy) is 1. The summed E-state index contributed by atoms with van der Waals surface area (Å²) in [4.78, 5) is 24.1. The molecule has 2 heterocycles. The zero-order valence-corrected chi connectivity index (χ0v) is 19.6. The van der Waals surface area contributed by atoms with Crippen molar-refractivity contribution in [3.8, 4) is 28.4 Å². The number of hydrogen-bond donors (Lipinski definition) is 1. The van der Waals surface area contributed by atoms with Gasteiger partial charge in [-0.05, 0) is 60.2 Å². The number of sulfone groups is 1. The van der Waals surface area contributed by atoms with Crippen LogP contribution in [0.15, 0.2) is 58.3 Å². The minimum absolute atomic E-state index is 0.198. The van der Waals surface area contributed by atoms with Crippen LogP contribution in [-0.4, -0.2) is 42.6 Å². The second-order valence-corrected chi connectivity index (χ2v) is 10.5. The number of rotatable bonds is 5. The Balaban J connectivity index is 1.94. The summed E-state index contributed by atoms with van der Waals surface area (Å²) < 4.78 is 30.9. The van der Waals surface area contributed by atoms with E-state index in [1.54, 1.807) is 43.5 Å². The van der Waals surface area contributed by atoms with Gasteiger partial charge in [-0.15, -0.1) is 0 Å². The monoisotopic (exact) mass is 485 g/mol. The average Bonchev–Trinajstić information content (AvgIpc) is 3.26. The van der Waals surface area contributed by atoms with Crippen molar-refractivity contribution in [2.24, 2.45) is 0 Å². The fraction of sp³-hybridized carbons (Fsp3) is 0.130. The molecule has 1 aliphatic heterocycles. The highest BCUT2D eigenvalue weighted by molar-refractivity contribution is 8.18. The van der Waals surface area contributed by atoms with Gasteiger partial charge in [-0.3, -0.25) is 14.9 Å². The molecule has 10 heteroatoms. The van der Waals surface area contributed by atoms with Crippen LogP contribution in [-0.2, 0) is 14.6 Å². The summed E-state index contributed by atoms with van der Waals surface area (Å²) in [5.74, 6) is 0.369. The van der Waals surface area contributed by atoms with Crippen LogP contribution in [0.4, 0.5) is 4.79 Å². The number of imide groups is 1. The molecule has 2 aromatic carbocycles. The first-order valence-corrected chi connectivity index (χ1v) is 12.5. The predicted octanol–water partition coefficient (Wildman–Crippen LogP) is 3.63. The van der Waals surface area contributed by atoms with Gasteiger partial charge in [0.05, 0.1) is 22.6 Å². The summed E-state index contributed by atoms with van der Waals surface area (Å²) in [5.41, 5.74) is 3.39. The van der Waals surface area contributed by atoms with Crippen LogP contribution in [0.3, 0.4) is 0 Å². The van der Waals surface area contributed by atoms with Crippen molar-refractivity contribution < 1.29 is 27.9 Å². The second-order valence-electron chi connectivity index (χ2n) is 7.44. The Morgan fingerprint density at radius 3 is 2.36 bits per heavy atom. The van der Waals surface area contributed by atoms with E-state index >= 15 is 0 Å². The summed E-state index contributed by atoms with van der Waals surface area (Å²) in [6.45, 7) is 1.85. The number of nitrogens with one attached hydrogen (secondary N) is 1. The molecule has 0 aliphatic carbocycles. The largest absolute Gasteiger partial charge is 0.592 e. The van der Waals surface area contributed by atoms with E-state index in [4.69, 9.17) is 9.84 Å². The van der Waals surface area contributed by atoms with Gasteiger partial charge >= 0.3 is 0 Å². The Bertz CT molecular complexity index is 1420. The number of aromatic nitrogens is 1. The molecular weight excluding hydrogens is 464 g/mol. The first-order chi connectivity index (χ1) is 15.6. The lowest BCUT2D eigenvalue weighted by atomic mass is 10.1. The lowest BCUT2D eigenvalue weighted by molar-refractivity contribution is -0.115. The molecule has 1 fully saturated rings. The smallest absolute Gasteiger partial charge is 0.290 e. The molecule has 170 valence electrons. The molecular formula is C23H21N2O6S2+. The van der Waals surface area contributed by atoms with Crippen molar-refractivity contribution in [2.75, 3.05) is 13.4 Å². The van der Waals surface area contributed by atoms with Crippen LogP contribution in [0.5, 0.6) is 11.5 Å². The topological polar surface area (TPSA) is 117 Å². The van der Waals surface area contributed by atoms with E-state index in [9.17, 15) is 18.0 Å². The van der Waals surface area contributed by atoms with Crippen LogP contribution in [0.1, 0.15) is 11.3 Å². The molecule has 0 unspecified atom stereocenters. The first-order valence-electron chi connectivity index (χ1n) is 9.76. The van der Waals surface area contributed by atoms with Crippen molar-refractivity contribution in [3.05, 3.63) is 64.7 Å². The van der Waals surface area contributed by atoms with E-state index in [2.05, 4.69) is 5.32 Å². The number of nitrogens with zero attached hydrogens (tertiary/aromatic N) is 1. The van der Waals surface area contributed by atoms with E-state index in [1.165, 1.54) is 12.1 Å². The zero-order chi connectivity index (χ0) is 23.9. The highest BCUT2D eigenvalue weighted by atomic mass is 32.2. The van der Waals surface area contributed by atoms with Gasteiger partial charge in [0.1, 0.15) is 11.4 Å². The van der Waals surface area contributed by atoms with E-state index in [1.807, 2.05) is 17.6 Å². The van der Waals surface area contributed by atoms with E-state index in [-0.39, 0.29) is 15.6 Å². The number of benzene rings is 2. The quantitative estimate of drug-likeness (QED) is 0.436. The predicted molar refractivity (Wildman–Crippen MR) is 128 cm³/mol. The van der Waals surface area contributed by atoms with Crippen molar-refractivity contribution in [1.29, 1.82) is 0 Å². The molecule has 1 aliphatic rings. The molecule has 33 heavy (non-hydrogen) atoms. The summed E-state index contributed by atoms with van der Waals surface area (Å²) in [6.07, 6.45) is 2.78. The molecule has 0 atom stereocenters. The fourth-order valence-electron chi connectivity index (χ4n) is 3.55.